The van der Waals surface area contributed by atoms with Crippen LogP contribution < -0.4 is 0 Å². The molecule has 0 fully saturated rings. The van der Waals surface area contributed by atoms with Gasteiger partial charge >= 0.3 is 0 Å². The van der Waals surface area contributed by atoms with E-state index in [0.717, 1.165) is 12.0 Å². The second kappa shape index (κ2) is 3.39. The monoisotopic (exact) mass is 190 g/mol. The van der Waals surface area contributed by atoms with Gasteiger partial charge in [-0.25, -0.2) is 0 Å². The molecule has 0 aliphatic heterocycles. The van der Waals surface area contributed by atoms with Gasteiger partial charge in [-0.3, -0.25) is 0 Å². The summed E-state index contributed by atoms with van der Waals surface area (Å²) >= 11 is 0. The quantitative estimate of drug-likeness (QED) is 0.667. The van der Waals surface area contributed by atoms with Gasteiger partial charge in [-0.05, 0) is 36.3 Å². The van der Waals surface area contributed by atoms with Crippen molar-refractivity contribution < 1.29 is 5.11 Å². The van der Waals surface area contributed by atoms with Crippen molar-refractivity contribution in [3.8, 4) is 0 Å². The Morgan fingerprint density at radius 2 is 2.00 bits per heavy atom. The van der Waals surface area contributed by atoms with Crippen LogP contribution in [-0.2, 0) is 6.42 Å². The maximum absolute atomic E-state index is 10.1. The minimum atomic E-state index is -0.269. The second-order valence-electron chi connectivity index (χ2n) is 4.69. The Kier molecular flexibility index (Phi) is 2.36. The second-order valence-corrected chi connectivity index (χ2v) is 4.69. The number of hydrogen-bond donors (Lipinski definition) is 1. The number of aliphatic hydroxyl groups is 1. The zero-order valence-corrected chi connectivity index (χ0v) is 9.12. The number of hydrogen-bond acceptors (Lipinski definition) is 1. The van der Waals surface area contributed by atoms with Crippen molar-refractivity contribution in [1.82, 2.24) is 0 Å². The molecule has 0 saturated heterocycles. The summed E-state index contributed by atoms with van der Waals surface area (Å²) < 4.78 is 0. The Morgan fingerprint density at radius 3 is 2.71 bits per heavy atom. The van der Waals surface area contributed by atoms with Gasteiger partial charge in [0, 0.05) is 0 Å². The van der Waals surface area contributed by atoms with E-state index >= 15 is 0 Å². The van der Waals surface area contributed by atoms with Crippen molar-refractivity contribution >= 4 is 0 Å². The van der Waals surface area contributed by atoms with Crippen LogP contribution in [0.3, 0.4) is 0 Å². The predicted octanol–water partition coefficient (Wildman–Crippen LogP) is 2.86. The summed E-state index contributed by atoms with van der Waals surface area (Å²) in [6.07, 6.45) is 0.837. The van der Waals surface area contributed by atoms with Crippen molar-refractivity contribution in [3.05, 3.63) is 34.9 Å². The standard InChI is InChI=1S/C13H18O/c1-8-4-5-12-11(6-8)7-9(2)10(3)13(12)14/h4-6,9-10,13-14H,7H2,1-3H3. The summed E-state index contributed by atoms with van der Waals surface area (Å²) in [7, 11) is 0. The summed E-state index contributed by atoms with van der Waals surface area (Å²) in [6.45, 7) is 6.46. The van der Waals surface area contributed by atoms with Gasteiger partial charge in [-0.1, -0.05) is 37.6 Å². The highest BCUT2D eigenvalue weighted by atomic mass is 16.3. The van der Waals surface area contributed by atoms with E-state index in [2.05, 4.69) is 39.0 Å². The first-order chi connectivity index (χ1) is 6.59. The molecule has 3 atom stereocenters. The van der Waals surface area contributed by atoms with Crippen LogP contribution in [0.25, 0.3) is 0 Å². The van der Waals surface area contributed by atoms with Crippen molar-refractivity contribution in [1.29, 1.82) is 0 Å². The topological polar surface area (TPSA) is 20.2 Å². The Hall–Kier alpha value is -0.820. The lowest BCUT2D eigenvalue weighted by atomic mass is 9.75. The molecule has 0 amide bonds. The average Bonchev–Trinajstić information content (AvgIpc) is 2.14. The number of fused-ring (bicyclic) bond motifs is 1. The van der Waals surface area contributed by atoms with Crippen LogP contribution in [0, 0.1) is 18.8 Å². The molecule has 0 aromatic heterocycles. The highest BCUT2D eigenvalue weighted by Crippen LogP contribution is 2.37. The zero-order chi connectivity index (χ0) is 10.3. The van der Waals surface area contributed by atoms with Gasteiger partial charge in [-0.2, -0.15) is 0 Å². The largest absolute Gasteiger partial charge is 0.388 e. The van der Waals surface area contributed by atoms with Crippen LogP contribution in [0.4, 0.5) is 0 Å². The molecule has 76 valence electrons. The molecule has 1 aliphatic carbocycles. The van der Waals surface area contributed by atoms with E-state index in [9.17, 15) is 5.11 Å². The lowest BCUT2D eigenvalue weighted by molar-refractivity contribution is 0.0756. The Morgan fingerprint density at radius 1 is 1.29 bits per heavy atom. The third-order valence-corrected chi connectivity index (χ3v) is 3.55. The van der Waals surface area contributed by atoms with Crippen molar-refractivity contribution in [2.24, 2.45) is 11.8 Å². The molecular formula is C13H18O. The molecule has 1 nitrogen and oxygen atoms in total. The third kappa shape index (κ3) is 1.46. The van der Waals surface area contributed by atoms with E-state index in [1.807, 2.05) is 0 Å². The van der Waals surface area contributed by atoms with Gasteiger partial charge in [0.05, 0.1) is 6.10 Å². The van der Waals surface area contributed by atoms with Crippen LogP contribution in [0.1, 0.15) is 36.6 Å². The van der Waals surface area contributed by atoms with E-state index < -0.39 is 0 Å². The predicted molar refractivity (Wildman–Crippen MR) is 58.2 cm³/mol. The zero-order valence-electron chi connectivity index (χ0n) is 9.12. The van der Waals surface area contributed by atoms with Crippen molar-refractivity contribution in [3.63, 3.8) is 0 Å². The van der Waals surface area contributed by atoms with Crippen LogP contribution in [-0.4, -0.2) is 5.11 Å². The fourth-order valence-electron chi connectivity index (χ4n) is 2.33. The lowest BCUT2D eigenvalue weighted by Crippen LogP contribution is -2.25. The molecule has 1 heteroatoms. The maximum Gasteiger partial charge on any atom is 0.0820 e. The van der Waals surface area contributed by atoms with E-state index in [4.69, 9.17) is 0 Å². The SMILES string of the molecule is Cc1ccc2c(c1)CC(C)C(C)C2O. The molecule has 14 heavy (non-hydrogen) atoms. The number of rotatable bonds is 0. The maximum atomic E-state index is 10.1. The summed E-state index contributed by atoms with van der Waals surface area (Å²) in [5.74, 6) is 0.963. The van der Waals surface area contributed by atoms with Crippen molar-refractivity contribution in [2.75, 3.05) is 0 Å². The van der Waals surface area contributed by atoms with E-state index in [0.29, 0.717) is 11.8 Å². The molecule has 1 aromatic rings. The lowest BCUT2D eigenvalue weighted by Gasteiger charge is -2.33. The van der Waals surface area contributed by atoms with Gasteiger partial charge in [-0.15, -0.1) is 0 Å². The average molecular weight is 190 g/mol. The molecule has 2 rings (SSSR count). The Bertz CT molecular complexity index is 343. The van der Waals surface area contributed by atoms with E-state index in [-0.39, 0.29) is 6.10 Å². The van der Waals surface area contributed by atoms with E-state index in [1.54, 1.807) is 0 Å². The third-order valence-electron chi connectivity index (χ3n) is 3.55. The summed E-state index contributed by atoms with van der Waals surface area (Å²) in [5, 5.41) is 10.1. The van der Waals surface area contributed by atoms with Gasteiger partial charge in [0.15, 0.2) is 0 Å². The summed E-state index contributed by atoms with van der Waals surface area (Å²) in [4.78, 5) is 0. The number of aryl methyl sites for hydroxylation is 1. The molecule has 0 heterocycles. The molecule has 3 unspecified atom stereocenters. The highest BCUT2D eigenvalue weighted by molar-refractivity contribution is 5.35. The smallest absolute Gasteiger partial charge is 0.0820 e. The van der Waals surface area contributed by atoms with Crippen LogP contribution in [0.5, 0.6) is 0 Å². The number of benzene rings is 1. The molecule has 1 N–H and O–H groups in total. The van der Waals surface area contributed by atoms with Crippen LogP contribution in [0.15, 0.2) is 18.2 Å². The van der Waals surface area contributed by atoms with Gasteiger partial charge < -0.3 is 5.11 Å². The first-order valence-corrected chi connectivity index (χ1v) is 5.37. The van der Waals surface area contributed by atoms with Crippen molar-refractivity contribution in [2.45, 2.75) is 33.3 Å². The summed E-state index contributed by atoms with van der Waals surface area (Å²) in [6, 6.07) is 6.38. The molecule has 0 saturated carbocycles. The van der Waals surface area contributed by atoms with E-state index in [1.165, 1.54) is 11.1 Å². The minimum absolute atomic E-state index is 0.269. The van der Waals surface area contributed by atoms with Gasteiger partial charge in [0.25, 0.3) is 0 Å². The molecule has 0 radical (unpaired) electrons. The molecular weight excluding hydrogens is 172 g/mol. The first kappa shape index (κ1) is 9.72. The highest BCUT2D eigenvalue weighted by Gasteiger charge is 2.29. The molecule has 1 aromatic carbocycles. The fourth-order valence-corrected chi connectivity index (χ4v) is 2.33. The van der Waals surface area contributed by atoms with Crippen LogP contribution in [0.2, 0.25) is 0 Å². The normalized spacial score (nSPS) is 31.3. The molecule has 0 spiro atoms. The minimum Gasteiger partial charge on any atom is -0.388 e. The fraction of sp³-hybridized carbons (Fsp3) is 0.538. The Balaban J connectivity index is 2.45. The first-order valence-electron chi connectivity index (χ1n) is 5.37. The van der Waals surface area contributed by atoms with Crippen LogP contribution >= 0.6 is 0 Å². The van der Waals surface area contributed by atoms with Gasteiger partial charge in [0.2, 0.25) is 0 Å². The molecule has 1 aliphatic rings. The van der Waals surface area contributed by atoms with Gasteiger partial charge in [0.1, 0.15) is 0 Å². The summed E-state index contributed by atoms with van der Waals surface area (Å²) in [5.41, 5.74) is 3.77. The number of aliphatic hydroxyl groups excluding tert-OH is 1. The Labute approximate surface area is 85.8 Å². The molecule has 0 bridgehead atoms.